The van der Waals surface area contributed by atoms with E-state index < -0.39 is 0 Å². The molecule has 1 saturated carbocycles. The largest absolute Gasteiger partial charge is 0.255 e. The van der Waals surface area contributed by atoms with Crippen molar-refractivity contribution < 1.29 is 0 Å². The van der Waals surface area contributed by atoms with Gasteiger partial charge >= 0.3 is 0 Å². The van der Waals surface area contributed by atoms with Crippen molar-refractivity contribution in [3.05, 3.63) is 0 Å². The maximum absolute atomic E-state index is 3.57. The Morgan fingerprint density at radius 1 is 1.07 bits per heavy atom. The molecular weight excluding hydrogens is 172 g/mol. The fraction of sp³-hybridized carbons (Fsp3) is 1.00. The summed E-state index contributed by atoms with van der Waals surface area (Å²) in [5.74, 6) is 0. The van der Waals surface area contributed by atoms with Crippen LogP contribution in [0.1, 0.15) is 58.8 Å². The molecule has 0 heterocycles. The fourth-order valence-corrected chi connectivity index (χ4v) is 2.28. The lowest BCUT2D eigenvalue weighted by Crippen LogP contribution is -2.47. The molecule has 0 aromatic carbocycles. The van der Waals surface area contributed by atoms with Gasteiger partial charge in [0.05, 0.1) is 0 Å². The first kappa shape index (κ1) is 12.0. The molecule has 84 valence electrons. The average molecular weight is 198 g/mol. The van der Waals surface area contributed by atoms with Gasteiger partial charge in [-0.3, -0.25) is 5.43 Å². The first-order chi connectivity index (χ1) is 6.88. The fourth-order valence-electron chi connectivity index (χ4n) is 2.28. The summed E-state index contributed by atoms with van der Waals surface area (Å²) >= 11 is 0. The third-order valence-corrected chi connectivity index (χ3v) is 3.04. The molecule has 0 aliphatic heterocycles. The van der Waals surface area contributed by atoms with Crippen LogP contribution in [-0.4, -0.2) is 24.1 Å². The van der Waals surface area contributed by atoms with Crippen molar-refractivity contribution in [3.8, 4) is 0 Å². The number of nitrogens with one attached hydrogen (secondary N) is 1. The molecule has 2 nitrogen and oxygen atoms in total. The van der Waals surface area contributed by atoms with Gasteiger partial charge in [-0.2, -0.15) is 0 Å². The lowest BCUT2D eigenvalue weighted by molar-refractivity contribution is 0.0954. The molecule has 0 amide bonds. The van der Waals surface area contributed by atoms with E-state index in [0.717, 1.165) is 12.6 Å². The number of hydrazine groups is 1. The Labute approximate surface area is 89.0 Å². The van der Waals surface area contributed by atoms with E-state index in [1.807, 2.05) is 0 Å². The van der Waals surface area contributed by atoms with Crippen LogP contribution in [0, 0.1) is 0 Å². The normalized spacial score (nSPS) is 19.1. The summed E-state index contributed by atoms with van der Waals surface area (Å²) in [4.78, 5) is 0. The third kappa shape index (κ3) is 3.97. The van der Waals surface area contributed by atoms with E-state index in [0.29, 0.717) is 0 Å². The number of hydrogen-bond acceptors (Lipinski definition) is 2. The molecule has 0 radical (unpaired) electrons. The molecular formula is C12H26N2. The van der Waals surface area contributed by atoms with E-state index in [2.05, 4.69) is 24.3 Å². The van der Waals surface area contributed by atoms with Gasteiger partial charge in [0, 0.05) is 19.1 Å². The minimum absolute atomic E-state index is 0.815. The predicted octanol–water partition coefficient (Wildman–Crippen LogP) is 2.95. The van der Waals surface area contributed by atoms with Crippen molar-refractivity contribution in [2.75, 3.05) is 13.1 Å². The van der Waals surface area contributed by atoms with E-state index in [4.69, 9.17) is 0 Å². The molecule has 1 rings (SSSR count). The molecule has 0 saturated heterocycles. The zero-order valence-electron chi connectivity index (χ0n) is 9.89. The SMILES string of the molecule is CCCNN(CCC)C1CCCCC1. The zero-order valence-corrected chi connectivity index (χ0v) is 9.89. The minimum atomic E-state index is 0.815. The highest BCUT2D eigenvalue weighted by atomic mass is 15.5. The Bertz CT molecular complexity index is 130. The molecule has 1 fully saturated rings. The summed E-state index contributed by atoms with van der Waals surface area (Å²) < 4.78 is 0. The Morgan fingerprint density at radius 3 is 2.36 bits per heavy atom. The highest BCUT2D eigenvalue weighted by Crippen LogP contribution is 2.21. The second-order valence-electron chi connectivity index (χ2n) is 4.39. The van der Waals surface area contributed by atoms with Crippen molar-refractivity contribution in [2.45, 2.75) is 64.8 Å². The highest BCUT2D eigenvalue weighted by Gasteiger charge is 2.19. The van der Waals surface area contributed by atoms with Crippen molar-refractivity contribution >= 4 is 0 Å². The lowest BCUT2D eigenvalue weighted by atomic mass is 9.95. The molecule has 0 atom stereocenters. The predicted molar refractivity (Wildman–Crippen MR) is 62.2 cm³/mol. The van der Waals surface area contributed by atoms with Crippen molar-refractivity contribution in [2.24, 2.45) is 0 Å². The van der Waals surface area contributed by atoms with Crippen molar-refractivity contribution in [3.63, 3.8) is 0 Å². The number of nitrogens with zero attached hydrogens (tertiary/aromatic N) is 1. The van der Waals surface area contributed by atoms with E-state index >= 15 is 0 Å². The summed E-state index contributed by atoms with van der Waals surface area (Å²) in [6.45, 7) is 6.85. The van der Waals surface area contributed by atoms with Crippen LogP contribution in [0.4, 0.5) is 0 Å². The summed E-state index contributed by atoms with van der Waals surface area (Å²) in [7, 11) is 0. The van der Waals surface area contributed by atoms with Gasteiger partial charge in [0.1, 0.15) is 0 Å². The summed E-state index contributed by atoms with van der Waals surface area (Å²) in [5.41, 5.74) is 3.57. The summed E-state index contributed by atoms with van der Waals surface area (Å²) in [6, 6.07) is 0.815. The van der Waals surface area contributed by atoms with E-state index in [9.17, 15) is 0 Å². The Morgan fingerprint density at radius 2 is 1.79 bits per heavy atom. The monoisotopic (exact) mass is 198 g/mol. The molecule has 14 heavy (non-hydrogen) atoms. The van der Waals surface area contributed by atoms with Gasteiger partial charge in [0.15, 0.2) is 0 Å². The van der Waals surface area contributed by atoms with Crippen LogP contribution in [0.3, 0.4) is 0 Å². The van der Waals surface area contributed by atoms with Gasteiger partial charge in [0.2, 0.25) is 0 Å². The van der Waals surface area contributed by atoms with Gasteiger partial charge in [-0.05, 0) is 25.7 Å². The molecule has 0 spiro atoms. The third-order valence-electron chi connectivity index (χ3n) is 3.04. The van der Waals surface area contributed by atoms with Crippen molar-refractivity contribution in [1.82, 2.24) is 10.4 Å². The Kier molecular flexibility index (Phi) is 6.20. The van der Waals surface area contributed by atoms with Gasteiger partial charge < -0.3 is 0 Å². The van der Waals surface area contributed by atoms with Crippen LogP contribution in [0.25, 0.3) is 0 Å². The highest BCUT2D eigenvalue weighted by molar-refractivity contribution is 4.73. The van der Waals surface area contributed by atoms with E-state index in [1.54, 1.807) is 0 Å². The molecule has 2 heteroatoms. The first-order valence-corrected chi connectivity index (χ1v) is 6.38. The second kappa shape index (κ2) is 7.24. The molecule has 0 unspecified atom stereocenters. The van der Waals surface area contributed by atoms with Gasteiger partial charge in [-0.15, -0.1) is 0 Å². The molecule has 0 bridgehead atoms. The van der Waals surface area contributed by atoms with Crippen LogP contribution in [-0.2, 0) is 0 Å². The number of rotatable bonds is 6. The maximum atomic E-state index is 3.57. The van der Waals surface area contributed by atoms with Crippen LogP contribution in [0.5, 0.6) is 0 Å². The van der Waals surface area contributed by atoms with Crippen LogP contribution >= 0.6 is 0 Å². The maximum Gasteiger partial charge on any atom is 0.0243 e. The van der Waals surface area contributed by atoms with E-state index in [-0.39, 0.29) is 0 Å². The first-order valence-electron chi connectivity index (χ1n) is 6.38. The van der Waals surface area contributed by atoms with Gasteiger partial charge in [0.25, 0.3) is 0 Å². The quantitative estimate of drug-likeness (QED) is 0.660. The van der Waals surface area contributed by atoms with Gasteiger partial charge in [-0.25, -0.2) is 5.01 Å². The summed E-state index contributed by atoms with van der Waals surface area (Å²) in [6.07, 6.45) is 9.59. The summed E-state index contributed by atoms with van der Waals surface area (Å²) in [5, 5.41) is 2.50. The van der Waals surface area contributed by atoms with E-state index in [1.165, 1.54) is 51.5 Å². The Hall–Kier alpha value is -0.0800. The molecule has 1 aliphatic rings. The molecule has 0 aromatic rings. The zero-order chi connectivity index (χ0) is 10.2. The molecule has 1 N–H and O–H groups in total. The van der Waals surface area contributed by atoms with Gasteiger partial charge in [-0.1, -0.05) is 33.1 Å². The molecule has 0 aromatic heterocycles. The standard InChI is InChI=1S/C12H26N2/c1-3-10-13-14(11-4-2)12-8-6-5-7-9-12/h12-13H,3-11H2,1-2H3. The van der Waals surface area contributed by atoms with Crippen LogP contribution in [0.2, 0.25) is 0 Å². The number of hydrogen-bond donors (Lipinski definition) is 1. The lowest BCUT2D eigenvalue weighted by Gasteiger charge is -2.34. The molecule has 1 aliphatic carbocycles. The topological polar surface area (TPSA) is 15.3 Å². The Balaban J connectivity index is 2.30. The van der Waals surface area contributed by atoms with Crippen LogP contribution in [0.15, 0.2) is 0 Å². The van der Waals surface area contributed by atoms with Crippen molar-refractivity contribution in [1.29, 1.82) is 0 Å². The minimum Gasteiger partial charge on any atom is -0.255 e. The smallest absolute Gasteiger partial charge is 0.0243 e. The second-order valence-corrected chi connectivity index (χ2v) is 4.39. The van der Waals surface area contributed by atoms with Crippen LogP contribution < -0.4 is 5.43 Å². The average Bonchev–Trinajstić information content (AvgIpc) is 2.25.